The summed E-state index contributed by atoms with van der Waals surface area (Å²) in [7, 11) is 0. The lowest BCUT2D eigenvalue weighted by atomic mass is 10.1. The molecule has 0 radical (unpaired) electrons. The van der Waals surface area contributed by atoms with E-state index in [0.717, 1.165) is 24.2 Å². The highest BCUT2D eigenvalue weighted by molar-refractivity contribution is 5.79. The molecule has 1 heterocycles. The first-order chi connectivity index (χ1) is 12.6. The van der Waals surface area contributed by atoms with Crippen LogP contribution >= 0.6 is 0 Å². The third kappa shape index (κ3) is 3.50. The lowest BCUT2D eigenvalue weighted by Gasteiger charge is -2.37. The molecule has 0 spiro atoms. The van der Waals surface area contributed by atoms with E-state index in [4.69, 9.17) is 0 Å². The smallest absolute Gasteiger partial charge is 0.128 e. The Hall–Kier alpha value is -2.24. The highest BCUT2D eigenvalue weighted by Gasteiger charge is 2.41. The summed E-state index contributed by atoms with van der Waals surface area (Å²) in [5.41, 5.74) is 2.84. The molecule has 3 unspecified atom stereocenters. The molecule has 0 bridgehead atoms. The molecule has 5 heteroatoms. The van der Waals surface area contributed by atoms with Crippen LogP contribution in [-0.2, 0) is 6.42 Å². The van der Waals surface area contributed by atoms with Gasteiger partial charge >= 0.3 is 0 Å². The van der Waals surface area contributed by atoms with Crippen LogP contribution in [0.2, 0.25) is 0 Å². The number of nitrogens with zero attached hydrogens (tertiary/aromatic N) is 2. The van der Waals surface area contributed by atoms with Crippen LogP contribution in [0.3, 0.4) is 0 Å². The van der Waals surface area contributed by atoms with Gasteiger partial charge in [0, 0.05) is 6.07 Å². The molecule has 2 aromatic rings. The summed E-state index contributed by atoms with van der Waals surface area (Å²) in [5, 5.41) is 31.3. The molecule has 5 nitrogen and oxygen atoms in total. The number of rotatable bonds is 7. The summed E-state index contributed by atoms with van der Waals surface area (Å²) in [4.78, 5) is 3.90. The second kappa shape index (κ2) is 7.98. The van der Waals surface area contributed by atoms with Gasteiger partial charge in [-0.05, 0) is 43.4 Å². The zero-order chi connectivity index (χ0) is 18.7. The second-order valence-electron chi connectivity index (χ2n) is 6.77. The van der Waals surface area contributed by atoms with Gasteiger partial charge in [0.2, 0.25) is 0 Å². The molecule has 0 aliphatic carbocycles. The quantitative estimate of drug-likeness (QED) is 0.709. The maximum atomic E-state index is 10.7. The molecule has 0 saturated heterocycles. The van der Waals surface area contributed by atoms with Crippen molar-refractivity contribution in [3.05, 3.63) is 54.1 Å². The van der Waals surface area contributed by atoms with Crippen molar-refractivity contribution in [2.75, 3.05) is 9.80 Å². The van der Waals surface area contributed by atoms with Crippen molar-refractivity contribution in [3.8, 4) is 5.75 Å². The number of anilines is 2. The number of fused-ring (bicyclic) bond motifs is 1. The van der Waals surface area contributed by atoms with E-state index in [1.807, 2.05) is 47.9 Å². The Morgan fingerprint density at radius 1 is 0.885 bits per heavy atom. The van der Waals surface area contributed by atoms with Gasteiger partial charge in [0.15, 0.2) is 0 Å². The van der Waals surface area contributed by atoms with Gasteiger partial charge in [-0.2, -0.15) is 0 Å². The fraction of sp³-hybridized carbons (Fsp3) is 0.429. The summed E-state index contributed by atoms with van der Waals surface area (Å²) in [5.74, 6) is 0.159. The van der Waals surface area contributed by atoms with Gasteiger partial charge in [-0.15, -0.1) is 0 Å². The molecule has 3 N–H and O–H groups in total. The minimum Gasteiger partial charge on any atom is -0.508 e. The molecule has 2 aromatic carbocycles. The topological polar surface area (TPSA) is 67.2 Å². The first-order valence-corrected chi connectivity index (χ1v) is 9.36. The molecule has 26 heavy (non-hydrogen) atoms. The number of aliphatic hydroxyl groups excluding tert-OH is 2. The van der Waals surface area contributed by atoms with Gasteiger partial charge in [-0.25, -0.2) is 0 Å². The average molecular weight is 356 g/mol. The van der Waals surface area contributed by atoms with Crippen molar-refractivity contribution in [2.45, 2.75) is 58.2 Å². The second-order valence-corrected chi connectivity index (χ2v) is 6.77. The number of aryl methyl sites for hydroxylation is 1. The van der Waals surface area contributed by atoms with Crippen LogP contribution in [0.4, 0.5) is 11.4 Å². The molecule has 1 aliphatic heterocycles. The van der Waals surface area contributed by atoms with E-state index >= 15 is 0 Å². The van der Waals surface area contributed by atoms with Crippen molar-refractivity contribution in [1.29, 1.82) is 0 Å². The van der Waals surface area contributed by atoms with Crippen LogP contribution < -0.4 is 9.80 Å². The third-order valence-corrected chi connectivity index (χ3v) is 5.06. The monoisotopic (exact) mass is 356 g/mol. The summed E-state index contributed by atoms with van der Waals surface area (Å²) in [6.45, 7) is 3.87. The highest BCUT2D eigenvalue weighted by Crippen LogP contribution is 2.45. The largest absolute Gasteiger partial charge is 0.508 e. The summed E-state index contributed by atoms with van der Waals surface area (Å²) in [6.07, 6.45) is 1.25. The summed E-state index contributed by atoms with van der Waals surface area (Å²) >= 11 is 0. The Balaban J connectivity index is 1.96. The predicted molar refractivity (Wildman–Crippen MR) is 104 cm³/mol. The molecule has 3 rings (SSSR count). The zero-order valence-electron chi connectivity index (χ0n) is 15.4. The molecule has 3 atom stereocenters. The molecule has 140 valence electrons. The predicted octanol–water partition coefficient (Wildman–Crippen LogP) is 3.43. The minimum absolute atomic E-state index is 0.159. The van der Waals surface area contributed by atoms with E-state index in [9.17, 15) is 15.3 Å². The summed E-state index contributed by atoms with van der Waals surface area (Å²) in [6, 6.07) is 15.3. The fourth-order valence-corrected chi connectivity index (χ4v) is 3.72. The van der Waals surface area contributed by atoms with E-state index < -0.39 is 12.5 Å². The number of phenols is 1. The fourth-order valence-electron chi connectivity index (χ4n) is 3.72. The number of aliphatic hydroxyl groups is 2. The lowest BCUT2D eigenvalue weighted by molar-refractivity contribution is 0.127. The Kier molecular flexibility index (Phi) is 5.69. The summed E-state index contributed by atoms with van der Waals surface area (Å²) < 4.78 is 0. The molecule has 0 saturated carbocycles. The first kappa shape index (κ1) is 18.5. The number of hydrogen-bond donors (Lipinski definition) is 3. The van der Waals surface area contributed by atoms with Crippen LogP contribution in [0.5, 0.6) is 5.75 Å². The van der Waals surface area contributed by atoms with E-state index in [1.165, 1.54) is 5.56 Å². The molecule has 1 aliphatic rings. The van der Waals surface area contributed by atoms with Crippen molar-refractivity contribution in [1.82, 2.24) is 0 Å². The standard InChI is InChI=1S/C21H28N2O3/c1-3-20(25)22-17-12-11-16(24)14-18(17)23(21(26)4-2)19(22)13-10-15-8-6-5-7-9-15/h5-9,11-12,14,19-21,24-26H,3-4,10,13H2,1-2H3. The number of aromatic hydroxyl groups is 1. The van der Waals surface area contributed by atoms with Gasteiger partial charge in [-0.1, -0.05) is 44.2 Å². The van der Waals surface area contributed by atoms with Crippen molar-refractivity contribution in [2.24, 2.45) is 0 Å². The first-order valence-electron chi connectivity index (χ1n) is 9.36. The molecular weight excluding hydrogens is 328 g/mol. The molecular formula is C21H28N2O3. The Bertz CT molecular complexity index is 722. The van der Waals surface area contributed by atoms with Gasteiger partial charge in [0.1, 0.15) is 24.4 Å². The Morgan fingerprint density at radius 3 is 2.12 bits per heavy atom. The zero-order valence-corrected chi connectivity index (χ0v) is 15.4. The van der Waals surface area contributed by atoms with E-state index in [-0.39, 0.29) is 11.9 Å². The Morgan fingerprint density at radius 2 is 1.50 bits per heavy atom. The van der Waals surface area contributed by atoms with Crippen LogP contribution in [0, 0.1) is 0 Å². The van der Waals surface area contributed by atoms with Crippen molar-refractivity contribution in [3.63, 3.8) is 0 Å². The van der Waals surface area contributed by atoms with Crippen molar-refractivity contribution >= 4 is 11.4 Å². The van der Waals surface area contributed by atoms with Crippen LogP contribution in [0.15, 0.2) is 48.5 Å². The number of hydrogen-bond acceptors (Lipinski definition) is 5. The van der Waals surface area contributed by atoms with Gasteiger partial charge in [-0.3, -0.25) is 0 Å². The average Bonchev–Trinajstić information content (AvgIpc) is 2.99. The number of benzene rings is 2. The molecule has 0 aromatic heterocycles. The van der Waals surface area contributed by atoms with E-state index in [1.54, 1.807) is 12.1 Å². The van der Waals surface area contributed by atoms with Crippen molar-refractivity contribution < 1.29 is 15.3 Å². The maximum Gasteiger partial charge on any atom is 0.128 e. The normalized spacial score (nSPS) is 18.7. The van der Waals surface area contributed by atoms with Gasteiger partial charge < -0.3 is 25.1 Å². The minimum atomic E-state index is -0.676. The van der Waals surface area contributed by atoms with Gasteiger partial charge in [0.05, 0.1) is 11.4 Å². The highest BCUT2D eigenvalue weighted by atomic mass is 16.3. The van der Waals surface area contributed by atoms with Gasteiger partial charge in [0.25, 0.3) is 0 Å². The van der Waals surface area contributed by atoms with E-state index in [2.05, 4.69) is 12.1 Å². The SMILES string of the molecule is CCC(O)N1c2ccc(O)cc2N(C(O)CC)C1CCc1ccccc1. The van der Waals surface area contributed by atoms with E-state index in [0.29, 0.717) is 12.8 Å². The molecule has 0 amide bonds. The lowest BCUT2D eigenvalue weighted by Crippen LogP contribution is -2.51. The molecule has 0 fully saturated rings. The third-order valence-electron chi connectivity index (χ3n) is 5.06. The number of phenolic OH excluding ortho intramolecular Hbond substituents is 1. The Labute approximate surface area is 155 Å². The van der Waals surface area contributed by atoms with Crippen LogP contribution in [0.25, 0.3) is 0 Å². The maximum absolute atomic E-state index is 10.7. The van der Waals surface area contributed by atoms with Crippen LogP contribution in [0.1, 0.15) is 38.7 Å². The van der Waals surface area contributed by atoms with Crippen LogP contribution in [-0.4, -0.2) is 33.9 Å².